The van der Waals surface area contributed by atoms with Crippen LogP contribution in [-0.2, 0) is 4.79 Å². The number of benzene rings is 3. The SMILES string of the molecule is COc1ccc(C(=O)CCC(=O)N2CCC(c3nc(C(=O)NCC(c4ccccc4)c4ccccc4)cs3)CC2)cc1. The van der Waals surface area contributed by atoms with E-state index in [0.29, 0.717) is 36.6 Å². The lowest BCUT2D eigenvalue weighted by molar-refractivity contribution is -0.132. The molecule has 8 heteroatoms. The first-order chi connectivity index (χ1) is 20.5. The normalized spacial score (nSPS) is 13.6. The van der Waals surface area contributed by atoms with Crippen molar-refractivity contribution in [2.45, 2.75) is 37.5 Å². The van der Waals surface area contributed by atoms with E-state index < -0.39 is 0 Å². The molecule has 1 saturated heterocycles. The van der Waals surface area contributed by atoms with Crippen molar-refractivity contribution in [3.63, 3.8) is 0 Å². The fourth-order valence-electron chi connectivity index (χ4n) is 5.34. The number of aromatic nitrogens is 1. The number of hydrogen-bond acceptors (Lipinski definition) is 6. The summed E-state index contributed by atoms with van der Waals surface area (Å²) >= 11 is 1.51. The first-order valence-electron chi connectivity index (χ1n) is 14.3. The zero-order valence-corrected chi connectivity index (χ0v) is 24.5. The predicted molar refractivity (Wildman–Crippen MR) is 164 cm³/mol. The Labute approximate surface area is 250 Å². The number of thiazole rings is 1. The molecule has 4 aromatic rings. The molecule has 1 fully saturated rings. The van der Waals surface area contributed by atoms with Crippen LogP contribution < -0.4 is 10.1 Å². The highest BCUT2D eigenvalue weighted by atomic mass is 32.1. The summed E-state index contributed by atoms with van der Waals surface area (Å²) in [5.41, 5.74) is 3.32. The van der Waals surface area contributed by atoms with Crippen molar-refractivity contribution in [2.75, 3.05) is 26.7 Å². The van der Waals surface area contributed by atoms with Gasteiger partial charge in [-0.25, -0.2) is 4.98 Å². The average molecular weight is 582 g/mol. The average Bonchev–Trinajstić information content (AvgIpc) is 3.55. The summed E-state index contributed by atoms with van der Waals surface area (Å²) in [7, 11) is 1.58. The van der Waals surface area contributed by atoms with E-state index in [1.165, 1.54) is 11.3 Å². The fraction of sp³-hybridized carbons (Fsp3) is 0.294. The van der Waals surface area contributed by atoms with Crippen LogP contribution in [0, 0.1) is 0 Å². The van der Waals surface area contributed by atoms with Gasteiger partial charge in [0.2, 0.25) is 5.91 Å². The predicted octanol–water partition coefficient (Wildman–Crippen LogP) is 6.08. The second kappa shape index (κ2) is 14.0. The molecule has 216 valence electrons. The summed E-state index contributed by atoms with van der Waals surface area (Å²) in [6.45, 7) is 1.72. The van der Waals surface area contributed by atoms with Gasteiger partial charge in [0.1, 0.15) is 11.4 Å². The molecule has 0 atom stereocenters. The smallest absolute Gasteiger partial charge is 0.270 e. The Hall–Kier alpha value is -4.30. The Balaban J connectivity index is 1.10. The number of amides is 2. The zero-order chi connectivity index (χ0) is 29.3. The quantitative estimate of drug-likeness (QED) is 0.217. The van der Waals surface area contributed by atoms with E-state index in [1.807, 2.05) is 46.7 Å². The van der Waals surface area contributed by atoms with Crippen LogP contribution >= 0.6 is 11.3 Å². The van der Waals surface area contributed by atoms with E-state index >= 15 is 0 Å². The third-order valence-corrected chi connectivity index (χ3v) is 8.81. The van der Waals surface area contributed by atoms with Gasteiger partial charge in [0.15, 0.2) is 5.78 Å². The maximum absolute atomic E-state index is 13.1. The van der Waals surface area contributed by atoms with Gasteiger partial charge >= 0.3 is 0 Å². The molecule has 7 nitrogen and oxygen atoms in total. The molecule has 1 aromatic heterocycles. The molecule has 3 aromatic carbocycles. The molecule has 0 spiro atoms. The molecule has 0 unspecified atom stereocenters. The summed E-state index contributed by atoms with van der Waals surface area (Å²) in [6.07, 6.45) is 1.96. The van der Waals surface area contributed by atoms with E-state index in [4.69, 9.17) is 4.74 Å². The molecule has 42 heavy (non-hydrogen) atoms. The Morgan fingerprint density at radius 1 is 0.905 bits per heavy atom. The molecule has 0 saturated carbocycles. The van der Waals surface area contributed by atoms with Crippen molar-refractivity contribution in [3.05, 3.63) is 118 Å². The lowest BCUT2D eigenvalue weighted by Gasteiger charge is -2.31. The molecular weight excluding hydrogens is 546 g/mol. The second-order valence-corrected chi connectivity index (χ2v) is 11.4. The minimum Gasteiger partial charge on any atom is -0.497 e. The fourth-order valence-corrected chi connectivity index (χ4v) is 6.31. The third-order valence-electron chi connectivity index (χ3n) is 7.80. The first-order valence-corrected chi connectivity index (χ1v) is 15.2. The van der Waals surface area contributed by atoms with Crippen molar-refractivity contribution < 1.29 is 19.1 Å². The molecule has 0 aliphatic carbocycles. The largest absolute Gasteiger partial charge is 0.497 e. The number of ether oxygens (including phenoxy) is 1. The van der Waals surface area contributed by atoms with E-state index in [0.717, 1.165) is 29.0 Å². The molecule has 1 aliphatic heterocycles. The third kappa shape index (κ3) is 7.31. The summed E-state index contributed by atoms with van der Waals surface area (Å²) in [5.74, 6) is 0.724. The van der Waals surface area contributed by atoms with E-state index in [9.17, 15) is 14.4 Å². The van der Waals surface area contributed by atoms with Gasteiger partial charge in [-0.2, -0.15) is 0 Å². The van der Waals surface area contributed by atoms with Gasteiger partial charge < -0.3 is 15.0 Å². The highest BCUT2D eigenvalue weighted by Crippen LogP contribution is 2.31. The lowest BCUT2D eigenvalue weighted by Crippen LogP contribution is -2.38. The number of ketones is 1. The van der Waals surface area contributed by atoms with Gasteiger partial charge in [-0.05, 0) is 48.2 Å². The van der Waals surface area contributed by atoms with Crippen molar-refractivity contribution in [3.8, 4) is 5.75 Å². The van der Waals surface area contributed by atoms with E-state index in [1.54, 1.807) is 31.4 Å². The van der Waals surface area contributed by atoms with E-state index in [-0.39, 0.29) is 42.3 Å². The molecule has 5 rings (SSSR count). The summed E-state index contributed by atoms with van der Waals surface area (Å²) < 4.78 is 5.13. The monoisotopic (exact) mass is 581 g/mol. The molecule has 2 heterocycles. The number of methoxy groups -OCH3 is 1. The van der Waals surface area contributed by atoms with E-state index in [2.05, 4.69) is 34.6 Å². The maximum Gasteiger partial charge on any atom is 0.270 e. The molecule has 1 aliphatic rings. The number of likely N-dealkylation sites (tertiary alicyclic amines) is 1. The second-order valence-electron chi connectivity index (χ2n) is 10.5. The van der Waals surface area contributed by atoms with Crippen LogP contribution in [0.5, 0.6) is 5.75 Å². The summed E-state index contributed by atoms with van der Waals surface area (Å²) in [4.78, 5) is 44.9. The number of carbonyl (C=O) groups is 3. The number of carbonyl (C=O) groups excluding carboxylic acids is 3. The van der Waals surface area contributed by atoms with Crippen LogP contribution in [0.25, 0.3) is 0 Å². The molecule has 2 amide bonds. The van der Waals surface area contributed by atoms with Crippen molar-refractivity contribution in [1.29, 1.82) is 0 Å². The number of nitrogens with zero attached hydrogens (tertiary/aromatic N) is 2. The van der Waals surface area contributed by atoms with Gasteiger partial charge in [-0.15, -0.1) is 11.3 Å². The number of piperidine rings is 1. The van der Waals surface area contributed by atoms with Crippen LogP contribution in [0.2, 0.25) is 0 Å². The number of nitrogens with one attached hydrogen (secondary N) is 1. The molecule has 1 N–H and O–H groups in total. The Kier molecular flexibility index (Phi) is 9.77. The summed E-state index contributed by atoms with van der Waals surface area (Å²) in [5, 5.41) is 5.85. The van der Waals surface area contributed by atoms with Crippen molar-refractivity contribution in [2.24, 2.45) is 0 Å². The van der Waals surface area contributed by atoms with Crippen molar-refractivity contribution >= 4 is 28.9 Å². The van der Waals surface area contributed by atoms with Gasteiger partial charge in [0, 0.05) is 55.3 Å². The molecule has 0 bridgehead atoms. The van der Waals surface area contributed by atoms with Gasteiger partial charge in [-0.3, -0.25) is 14.4 Å². The van der Waals surface area contributed by atoms with Gasteiger partial charge in [0.25, 0.3) is 5.91 Å². The van der Waals surface area contributed by atoms with Crippen LogP contribution in [0.1, 0.15) is 74.5 Å². The topological polar surface area (TPSA) is 88.6 Å². The standard InChI is InChI=1S/C34H35N3O4S/c1-41-28-14-12-26(13-15-28)31(38)16-17-32(39)37-20-18-27(19-21-37)34-36-30(23-42-34)33(40)35-22-29(24-8-4-2-5-9-24)25-10-6-3-7-11-25/h2-15,23,27,29H,16-22H2,1H3,(H,35,40). The highest BCUT2D eigenvalue weighted by Gasteiger charge is 2.27. The number of hydrogen-bond donors (Lipinski definition) is 1. The molecule has 0 radical (unpaired) electrons. The Morgan fingerprint density at radius 2 is 1.52 bits per heavy atom. The summed E-state index contributed by atoms with van der Waals surface area (Å²) in [6, 6.07) is 27.3. The van der Waals surface area contributed by atoms with Crippen molar-refractivity contribution in [1.82, 2.24) is 15.2 Å². The van der Waals surface area contributed by atoms with Crippen LogP contribution in [0.3, 0.4) is 0 Å². The minimum atomic E-state index is -0.177. The van der Waals surface area contributed by atoms with Gasteiger partial charge in [0.05, 0.1) is 12.1 Å². The Morgan fingerprint density at radius 3 is 2.12 bits per heavy atom. The van der Waals surface area contributed by atoms with Crippen LogP contribution in [0.4, 0.5) is 0 Å². The zero-order valence-electron chi connectivity index (χ0n) is 23.7. The van der Waals surface area contributed by atoms with Crippen LogP contribution in [-0.4, -0.2) is 54.2 Å². The lowest BCUT2D eigenvalue weighted by atomic mass is 9.91. The highest BCUT2D eigenvalue weighted by molar-refractivity contribution is 7.09. The number of rotatable bonds is 11. The van der Waals surface area contributed by atoms with Gasteiger partial charge in [-0.1, -0.05) is 60.7 Å². The maximum atomic E-state index is 13.1. The number of Topliss-reactive ketones (excluding diaryl/α,β-unsaturated/α-hetero) is 1. The Bertz CT molecular complexity index is 1440. The first kappa shape index (κ1) is 29.2. The minimum absolute atomic E-state index is 0.000837. The van der Waals surface area contributed by atoms with Crippen LogP contribution in [0.15, 0.2) is 90.3 Å². The molecular formula is C34H35N3O4S.